The fraction of sp³-hybridized carbons (Fsp3) is 0.304. The van der Waals surface area contributed by atoms with Crippen LogP contribution in [0.15, 0.2) is 42.5 Å². The first-order chi connectivity index (χ1) is 15.8. The number of sulfone groups is 1. The Morgan fingerprint density at radius 3 is 2.59 bits per heavy atom. The molecule has 2 aromatic heterocycles. The average Bonchev–Trinajstić information content (AvgIpc) is 3.14. The predicted molar refractivity (Wildman–Crippen MR) is 132 cm³/mol. The van der Waals surface area contributed by atoms with Crippen LogP contribution in [0, 0.1) is 5.82 Å². The maximum absolute atomic E-state index is 14.8. The van der Waals surface area contributed by atoms with Crippen LogP contribution in [0.25, 0.3) is 10.4 Å². The lowest BCUT2D eigenvalue weighted by Gasteiger charge is -2.18. The molecule has 0 saturated heterocycles. The Hall–Kier alpha value is -2.86. The van der Waals surface area contributed by atoms with Gasteiger partial charge in [-0.15, -0.1) is 11.3 Å². The predicted octanol–water partition coefficient (Wildman–Crippen LogP) is 3.15. The van der Waals surface area contributed by atoms with Gasteiger partial charge in [-0.05, 0) is 43.7 Å². The molecule has 1 aromatic carbocycles. The summed E-state index contributed by atoms with van der Waals surface area (Å²) in [5.41, 5.74) is 5.95. The minimum atomic E-state index is -3.05. The molecule has 2 heterocycles. The van der Waals surface area contributed by atoms with E-state index in [-0.39, 0.29) is 16.9 Å². The highest BCUT2D eigenvalue weighted by molar-refractivity contribution is 7.90. The zero-order chi connectivity index (χ0) is 25.1. The van der Waals surface area contributed by atoms with Gasteiger partial charge in [0.15, 0.2) is 0 Å². The van der Waals surface area contributed by atoms with Gasteiger partial charge < -0.3 is 21.5 Å². The zero-order valence-electron chi connectivity index (χ0n) is 19.1. The molecule has 0 aliphatic rings. The van der Waals surface area contributed by atoms with E-state index in [0.717, 1.165) is 11.3 Å². The van der Waals surface area contributed by atoms with Gasteiger partial charge in [0, 0.05) is 29.8 Å². The second-order valence-corrected chi connectivity index (χ2v) is 11.7. The Labute approximate surface area is 202 Å². The Kier molecular flexibility index (Phi) is 7.71. The summed E-state index contributed by atoms with van der Waals surface area (Å²) in [7, 11) is -3.05. The summed E-state index contributed by atoms with van der Waals surface area (Å²) in [6.45, 7) is 3.81. The summed E-state index contributed by atoms with van der Waals surface area (Å²) in [5.74, 6) is -0.713. The largest absolute Gasteiger partial charge is 0.386 e. The highest BCUT2D eigenvalue weighted by atomic mass is 32.2. The molecule has 0 unspecified atom stereocenters. The van der Waals surface area contributed by atoms with Crippen LogP contribution in [0.5, 0.6) is 0 Å². The minimum absolute atomic E-state index is 0.0260. The van der Waals surface area contributed by atoms with Crippen molar-refractivity contribution in [3.8, 4) is 10.4 Å². The number of anilines is 2. The molecule has 0 aliphatic carbocycles. The smallest absolute Gasteiger partial charge is 0.251 e. The maximum Gasteiger partial charge on any atom is 0.251 e. The molecule has 11 heteroatoms. The fourth-order valence-corrected chi connectivity index (χ4v) is 4.75. The Balaban J connectivity index is 1.82. The second-order valence-electron chi connectivity index (χ2n) is 8.42. The highest BCUT2D eigenvalue weighted by Crippen LogP contribution is 2.38. The van der Waals surface area contributed by atoms with Crippen molar-refractivity contribution in [1.29, 1.82) is 0 Å². The van der Waals surface area contributed by atoms with Gasteiger partial charge in [0.1, 0.15) is 26.5 Å². The molecular formula is C23H27FN4O4S2. The Bertz CT molecular complexity index is 1300. The zero-order valence-corrected chi connectivity index (χ0v) is 20.7. The van der Waals surface area contributed by atoms with E-state index in [4.69, 9.17) is 5.73 Å². The van der Waals surface area contributed by atoms with Crippen molar-refractivity contribution < 1.29 is 22.7 Å². The van der Waals surface area contributed by atoms with Crippen molar-refractivity contribution in [1.82, 2.24) is 10.3 Å². The van der Waals surface area contributed by atoms with Gasteiger partial charge in [0.25, 0.3) is 5.91 Å². The van der Waals surface area contributed by atoms with Crippen LogP contribution in [-0.2, 0) is 22.0 Å². The van der Waals surface area contributed by atoms with Crippen LogP contribution in [0.3, 0.4) is 0 Å². The van der Waals surface area contributed by atoms with E-state index < -0.39 is 27.2 Å². The number of benzene rings is 1. The number of hydrogen-bond acceptors (Lipinski definition) is 8. The van der Waals surface area contributed by atoms with Crippen molar-refractivity contribution in [3.05, 3.63) is 65.1 Å². The third-order valence-electron chi connectivity index (χ3n) is 4.94. The molecule has 0 bridgehead atoms. The number of thiophene rings is 1. The number of primary amides is 1. The average molecular weight is 507 g/mol. The van der Waals surface area contributed by atoms with Crippen LogP contribution in [0.1, 0.15) is 35.5 Å². The van der Waals surface area contributed by atoms with E-state index in [2.05, 4.69) is 15.6 Å². The van der Waals surface area contributed by atoms with Crippen LogP contribution in [0.2, 0.25) is 0 Å². The van der Waals surface area contributed by atoms with E-state index >= 15 is 0 Å². The first-order valence-corrected chi connectivity index (χ1v) is 13.3. The van der Waals surface area contributed by atoms with E-state index in [1.807, 2.05) is 0 Å². The number of carbonyl (C=O) groups is 1. The monoisotopic (exact) mass is 506 g/mol. The first kappa shape index (κ1) is 25.8. The van der Waals surface area contributed by atoms with Crippen molar-refractivity contribution in [3.63, 3.8) is 0 Å². The lowest BCUT2D eigenvalue weighted by atomic mass is 9.96. The molecule has 0 fully saturated rings. The number of nitrogens with two attached hydrogens (primary N) is 1. The lowest BCUT2D eigenvalue weighted by molar-refractivity contribution is 0.0782. The van der Waals surface area contributed by atoms with E-state index in [1.54, 1.807) is 44.2 Å². The number of carbonyl (C=O) groups excluding carboxylic acids is 1. The number of hydrogen-bond donors (Lipinski definition) is 4. The summed E-state index contributed by atoms with van der Waals surface area (Å²) >= 11 is 1.16. The minimum Gasteiger partial charge on any atom is -0.386 e. The van der Waals surface area contributed by atoms with Crippen molar-refractivity contribution in [2.75, 3.05) is 23.9 Å². The van der Waals surface area contributed by atoms with Crippen LogP contribution < -0.4 is 16.4 Å². The van der Waals surface area contributed by atoms with Crippen LogP contribution >= 0.6 is 11.3 Å². The Morgan fingerprint density at radius 2 is 1.97 bits per heavy atom. The number of amides is 1. The normalized spacial score (nSPS) is 12.0. The topological polar surface area (TPSA) is 134 Å². The van der Waals surface area contributed by atoms with Gasteiger partial charge in [-0.3, -0.25) is 4.79 Å². The maximum atomic E-state index is 14.8. The molecule has 182 valence electrons. The molecule has 5 N–H and O–H groups in total. The van der Waals surface area contributed by atoms with Crippen LogP contribution in [0.4, 0.5) is 15.2 Å². The van der Waals surface area contributed by atoms with Crippen molar-refractivity contribution in [2.45, 2.75) is 26.0 Å². The first-order valence-electron chi connectivity index (χ1n) is 10.4. The van der Waals surface area contributed by atoms with Gasteiger partial charge in [-0.1, -0.05) is 18.2 Å². The quantitative estimate of drug-likeness (QED) is 0.310. The molecular weight excluding hydrogens is 479 g/mol. The van der Waals surface area contributed by atoms with Crippen LogP contribution in [-0.4, -0.2) is 43.0 Å². The van der Waals surface area contributed by atoms with Gasteiger partial charge in [0.05, 0.1) is 22.6 Å². The molecule has 34 heavy (non-hydrogen) atoms. The number of aromatic nitrogens is 1. The van der Waals surface area contributed by atoms with Gasteiger partial charge in [-0.2, -0.15) is 0 Å². The number of nitrogens with zero attached hydrogens (tertiary/aromatic N) is 1. The number of halogens is 1. The van der Waals surface area contributed by atoms with Crippen molar-refractivity contribution in [2.24, 2.45) is 5.73 Å². The van der Waals surface area contributed by atoms with Gasteiger partial charge >= 0.3 is 0 Å². The second kappa shape index (κ2) is 10.2. The molecule has 0 spiro atoms. The number of nitrogens with one attached hydrogen (secondary N) is 2. The van der Waals surface area contributed by atoms with Gasteiger partial charge in [0.2, 0.25) is 0 Å². The molecule has 0 radical (unpaired) electrons. The van der Waals surface area contributed by atoms with Gasteiger partial charge in [-0.25, -0.2) is 17.8 Å². The summed E-state index contributed by atoms with van der Waals surface area (Å²) in [6, 6.07) is 11.3. The van der Waals surface area contributed by atoms with E-state index in [1.165, 1.54) is 18.4 Å². The van der Waals surface area contributed by atoms with Crippen molar-refractivity contribution >= 4 is 37.9 Å². The van der Waals surface area contributed by atoms with E-state index in [0.29, 0.717) is 40.0 Å². The molecule has 0 saturated carbocycles. The Morgan fingerprint density at radius 1 is 1.24 bits per heavy atom. The summed E-state index contributed by atoms with van der Waals surface area (Å²) in [5, 5.41) is 16.6. The summed E-state index contributed by atoms with van der Waals surface area (Å²) in [6.07, 6.45) is 1.18. The number of pyridine rings is 1. The molecule has 1 amide bonds. The fourth-order valence-electron chi connectivity index (χ4n) is 3.13. The number of aliphatic hydroxyl groups is 1. The molecule has 0 aliphatic heterocycles. The summed E-state index contributed by atoms with van der Waals surface area (Å²) in [4.78, 5) is 17.0. The molecule has 3 rings (SSSR count). The standard InChI is InChI=1S/C23H27FN4O4S2/c1-23(2,30)14-7-8-16(18(24)11-14)19-12-17(21(25)29)22(33-19)28-20-6-4-5-15(27-20)13-26-9-10-34(3,31)32/h4-8,11-12,26,30H,9-10,13H2,1-3H3,(H2,25,29)(H,27,28). The third-order valence-corrected chi connectivity index (χ3v) is 6.97. The molecule has 8 nitrogen and oxygen atoms in total. The summed E-state index contributed by atoms with van der Waals surface area (Å²) < 4.78 is 37.3. The number of rotatable bonds is 10. The van der Waals surface area contributed by atoms with E-state index in [9.17, 15) is 22.7 Å². The highest BCUT2D eigenvalue weighted by Gasteiger charge is 2.21. The molecule has 0 atom stereocenters. The third kappa shape index (κ3) is 6.83. The SMILES string of the molecule is CC(C)(O)c1ccc(-c2cc(C(N)=O)c(Nc3cccc(CNCCS(C)(=O)=O)n3)s2)c(F)c1. The lowest BCUT2D eigenvalue weighted by Crippen LogP contribution is -2.22. The molecule has 3 aromatic rings.